The van der Waals surface area contributed by atoms with Crippen LogP contribution in [0, 0.1) is 5.82 Å². The van der Waals surface area contributed by atoms with Gasteiger partial charge in [-0.05, 0) is 29.8 Å². The van der Waals surface area contributed by atoms with Gasteiger partial charge >= 0.3 is 0 Å². The molecule has 0 bridgehead atoms. The number of nitrogens with zero attached hydrogens (tertiary/aromatic N) is 1. The Morgan fingerprint density at radius 1 is 1.27 bits per heavy atom. The minimum absolute atomic E-state index is 0.0896. The van der Waals surface area contributed by atoms with Gasteiger partial charge in [0.25, 0.3) is 0 Å². The summed E-state index contributed by atoms with van der Waals surface area (Å²) in [5, 5.41) is 0. The van der Waals surface area contributed by atoms with E-state index in [1.165, 1.54) is 12.1 Å². The van der Waals surface area contributed by atoms with Crippen LogP contribution in [0.5, 0.6) is 0 Å². The zero-order valence-corrected chi connectivity index (χ0v) is 12.2. The van der Waals surface area contributed by atoms with Crippen LogP contribution in [0.25, 0.3) is 0 Å². The predicted octanol–water partition coefficient (Wildman–Crippen LogP) is 2.95. The van der Waals surface area contributed by atoms with Gasteiger partial charge in [-0.25, -0.2) is 4.39 Å². The molecule has 1 saturated heterocycles. The number of halogens is 1. The molecule has 1 amide bonds. The molecule has 2 heterocycles. The van der Waals surface area contributed by atoms with E-state index in [1.807, 2.05) is 12.1 Å². The lowest BCUT2D eigenvalue weighted by atomic mass is 10.1. The summed E-state index contributed by atoms with van der Waals surface area (Å²) in [4.78, 5) is 14.1. The molecule has 1 fully saturated rings. The minimum atomic E-state index is -0.272. The lowest BCUT2D eigenvalue weighted by molar-refractivity contribution is -0.139. The van der Waals surface area contributed by atoms with Crippen LogP contribution in [0.4, 0.5) is 4.39 Å². The molecule has 1 unspecified atom stereocenters. The van der Waals surface area contributed by atoms with Gasteiger partial charge in [0.05, 0.1) is 19.4 Å². The van der Waals surface area contributed by atoms with Crippen molar-refractivity contribution in [3.63, 3.8) is 0 Å². The smallest absolute Gasteiger partial charge is 0.223 e. The number of ether oxygens (including phenoxy) is 1. The van der Waals surface area contributed by atoms with Crippen molar-refractivity contribution in [1.29, 1.82) is 0 Å². The molecule has 22 heavy (non-hydrogen) atoms. The number of aryl methyl sites for hydroxylation is 1. The zero-order valence-electron chi connectivity index (χ0n) is 12.2. The molecule has 3 rings (SSSR count). The second kappa shape index (κ2) is 6.75. The van der Waals surface area contributed by atoms with Gasteiger partial charge in [0.1, 0.15) is 17.7 Å². The van der Waals surface area contributed by atoms with Crippen LogP contribution in [0.1, 0.15) is 23.8 Å². The molecule has 2 aromatic rings. The number of carbonyl (C=O) groups excluding carboxylic acids is 1. The van der Waals surface area contributed by atoms with Crippen molar-refractivity contribution in [1.82, 2.24) is 4.90 Å². The normalized spacial score (nSPS) is 18.4. The minimum Gasteiger partial charge on any atom is -0.469 e. The maximum Gasteiger partial charge on any atom is 0.223 e. The van der Waals surface area contributed by atoms with Crippen LogP contribution in [0.2, 0.25) is 0 Å². The van der Waals surface area contributed by atoms with Gasteiger partial charge in [-0.2, -0.15) is 0 Å². The van der Waals surface area contributed by atoms with Gasteiger partial charge in [0, 0.05) is 19.4 Å². The van der Waals surface area contributed by atoms with E-state index in [-0.39, 0.29) is 17.8 Å². The van der Waals surface area contributed by atoms with Crippen molar-refractivity contribution in [3.05, 3.63) is 59.8 Å². The molecule has 1 atom stereocenters. The number of amides is 1. The third-order valence-electron chi connectivity index (χ3n) is 3.83. The summed E-state index contributed by atoms with van der Waals surface area (Å²) in [6.07, 6.45) is 2.44. The summed E-state index contributed by atoms with van der Waals surface area (Å²) < 4.78 is 23.9. The third kappa shape index (κ3) is 3.54. The average molecular weight is 303 g/mol. The maximum atomic E-state index is 13.0. The number of hydrogen-bond donors (Lipinski definition) is 0. The largest absolute Gasteiger partial charge is 0.469 e. The van der Waals surface area contributed by atoms with Gasteiger partial charge < -0.3 is 14.1 Å². The Labute approximate surface area is 128 Å². The molecule has 0 spiro atoms. The Balaban J connectivity index is 1.57. The van der Waals surface area contributed by atoms with Crippen LogP contribution in [-0.2, 0) is 16.0 Å². The van der Waals surface area contributed by atoms with Gasteiger partial charge in [0.2, 0.25) is 5.91 Å². The summed E-state index contributed by atoms with van der Waals surface area (Å²) >= 11 is 0. The van der Waals surface area contributed by atoms with Crippen LogP contribution in [0.15, 0.2) is 47.1 Å². The SMILES string of the molecule is O=C(CCc1ccco1)N1CCOC(c2ccc(F)cc2)C1. The topological polar surface area (TPSA) is 42.7 Å². The van der Waals surface area contributed by atoms with Gasteiger partial charge in [-0.3, -0.25) is 4.79 Å². The highest BCUT2D eigenvalue weighted by Gasteiger charge is 2.25. The lowest BCUT2D eigenvalue weighted by Gasteiger charge is -2.33. The van der Waals surface area contributed by atoms with Crippen molar-refractivity contribution < 1.29 is 18.3 Å². The monoisotopic (exact) mass is 303 g/mol. The Kier molecular flexibility index (Phi) is 4.53. The third-order valence-corrected chi connectivity index (χ3v) is 3.83. The van der Waals surface area contributed by atoms with E-state index in [0.717, 1.165) is 11.3 Å². The van der Waals surface area contributed by atoms with Crippen LogP contribution in [-0.4, -0.2) is 30.5 Å². The first-order chi connectivity index (χ1) is 10.7. The fraction of sp³-hybridized carbons (Fsp3) is 0.353. The molecule has 1 aliphatic heterocycles. The summed E-state index contributed by atoms with van der Waals surface area (Å²) in [5.41, 5.74) is 0.893. The Hall–Kier alpha value is -2.14. The summed E-state index contributed by atoms with van der Waals surface area (Å²) in [6, 6.07) is 9.92. The Morgan fingerprint density at radius 2 is 2.09 bits per heavy atom. The molecule has 0 radical (unpaired) electrons. The molecule has 5 heteroatoms. The van der Waals surface area contributed by atoms with E-state index in [0.29, 0.717) is 32.5 Å². The molecule has 0 N–H and O–H groups in total. The van der Waals surface area contributed by atoms with Crippen LogP contribution < -0.4 is 0 Å². The summed E-state index contributed by atoms with van der Waals surface area (Å²) in [5.74, 6) is 0.634. The quantitative estimate of drug-likeness (QED) is 0.872. The van der Waals surface area contributed by atoms with Crippen molar-refractivity contribution in [2.24, 2.45) is 0 Å². The van der Waals surface area contributed by atoms with E-state index in [9.17, 15) is 9.18 Å². The van der Waals surface area contributed by atoms with Gasteiger partial charge in [0.15, 0.2) is 0 Å². The number of benzene rings is 1. The molecule has 1 aromatic carbocycles. The van der Waals surface area contributed by atoms with E-state index < -0.39 is 0 Å². The van der Waals surface area contributed by atoms with Crippen molar-refractivity contribution >= 4 is 5.91 Å². The Morgan fingerprint density at radius 3 is 2.82 bits per heavy atom. The highest BCUT2D eigenvalue weighted by molar-refractivity contribution is 5.76. The van der Waals surface area contributed by atoms with Crippen molar-refractivity contribution in [3.8, 4) is 0 Å². The number of rotatable bonds is 4. The van der Waals surface area contributed by atoms with E-state index in [2.05, 4.69) is 0 Å². The lowest BCUT2D eigenvalue weighted by Crippen LogP contribution is -2.42. The highest BCUT2D eigenvalue weighted by atomic mass is 19.1. The highest BCUT2D eigenvalue weighted by Crippen LogP contribution is 2.23. The number of carbonyl (C=O) groups is 1. The molecular weight excluding hydrogens is 285 g/mol. The molecule has 116 valence electrons. The first-order valence-corrected chi connectivity index (χ1v) is 7.39. The average Bonchev–Trinajstić information content (AvgIpc) is 3.07. The second-order valence-electron chi connectivity index (χ2n) is 5.33. The summed E-state index contributed by atoms with van der Waals surface area (Å²) in [7, 11) is 0. The standard InChI is InChI=1S/C17H18FNO3/c18-14-5-3-13(4-6-14)16-12-19(9-11-22-16)17(20)8-7-15-2-1-10-21-15/h1-6,10,16H,7-9,11-12H2. The maximum absolute atomic E-state index is 13.0. The first-order valence-electron chi connectivity index (χ1n) is 7.39. The second-order valence-corrected chi connectivity index (χ2v) is 5.33. The molecule has 1 aromatic heterocycles. The van der Waals surface area contributed by atoms with Crippen molar-refractivity contribution in [2.75, 3.05) is 19.7 Å². The van der Waals surface area contributed by atoms with E-state index >= 15 is 0 Å². The first kappa shape index (κ1) is 14.8. The number of morpholine rings is 1. The molecule has 0 saturated carbocycles. The molecule has 0 aliphatic carbocycles. The molecule has 4 nitrogen and oxygen atoms in total. The van der Waals surface area contributed by atoms with Gasteiger partial charge in [-0.15, -0.1) is 0 Å². The van der Waals surface area contributed by atoms with Gasteiger partial charge in [-0.1, -0.05) is 12.1 Å². The summed E-state index contributed by atoms with van der Waals surface area (Å²) in [6.45, 7) is 1.59. The predicted molar refractivity (Wildman–Crippen MR) is 78.7 cm³/mol. The van der Waals surface area contributed by atoms with Crippen LogP contribution in [0.3, 0.4) is 0 Å². The fourth-order valence-electron chi connectivity index (χ4n) is 2.60. The number of furan rings is 1. The number of hydrogen-bond acceptors (Lipinski definition) is 3. The van der Waals surface area contributed by atoms with Crippen molar-refractivity contribution in [2.45, 2.75) is 18.9 Å². The zero-order chi connectivity index (χ0) is 15.4. The van der Waals surface area contributed by atoms with E-state index in [1.54, 1.807) is 23.3 Å². The molecule has 1 aliphatic rings. The van der Waals surface area contributed by atoms with Crippen LogP contribution >= 0.6 is 0 Å². The molecular formula is C17H18FNO3. The fourth-order valence-corrected chi connectivity index (χ4v) is 2.60. The Bertz CT molecular complexity index is 609. The van der Waals surface area contributed by atoms with E-state index in [4.69, 9.17) is 9.15 Å².